The number of rotatable bonds is 3. The number of allylic oxidation sites excluding steroid dienone is 2. The molecular formula is C9H15NO. The second-order valence-electron chi connectivity index (χ2n) is 2.58. The first kappa shape index (κ1) is 10.1. The Labute approximate surface area is 68.0 Å². The van der Waals surface area contributed by atoms with E-state index in [4.69, 9.17) is 0 Å². The Bertz CT molecular complexity index is 198. The summed E-state index contributed by atoms with van der Waals surface area (Å²) in [5.41, 5.74) is 1.78. The van der Waals surface area contributed by atoms with Gasteiger partial charge in [0, 0.05) is 25.3 Å². The lowest BCUT2D eigenvalue weighted by Gasteiger charge is -1.99. The van der Waals surface area contributed by atoms with Gasteiger partial charge in [-0.3, -0.25) is 9.79 Å². The van der Waals surface area contributed by atoms with E-state index in [9.17, 15) is 4.79 Å². The van der Waals surface area contributed by atoms with Gasteiger partial charge in [0.15, 0.2) is 5.78 Å². The molecule has 0 aliphatic carbocycles. The Kier molecular flexibility index (Phi) is 4.42. The van der Waals surface area contributed by atoms with Gasteiger partial charge in [0.2, 0.25) is 0 Å². The van der Waals surface area contributed by atoms with Crippen molar-refractivity contribution in [2.24, 2.45) is 4.99 Å². The molecule has 0 aromatic carbocycles. The molecule has 0 atom stereocenters. The van der Waals surface area contributed by atoms with Crippen molar-refractivity contribution in [2.45, 2.75) is 27.2 Å². The topological polar surface area (TPSA) is 29.4 Å². The molecule has 0 amide bonds. The molecule has 11 heavy (non-hydrogen) atoms. The molecular weight excluding hydrogens is 138 g/mol. The minimum absolute atomic E-state index is 0.163. The summed E-state index contributed by atoms with van der Waals surface area (Å²) in [7, 11) is 1.67. The van der Waals surface area contributed by atoms with Crippen LogP contribution < -0.4 is 0 Å². The number of carbonyl (C=O) groups is 1. The Balaban J connectivity index is 4.63. The van der Waals surface area contributed by atoms with Crippen molar-refractivity contribution in [3.63, 3.8) is 0 Å². The number of nitrogens with zero attached hydrogens (tertiary/aromatic N) is 1. The molecule has 0 aromatic rings. The van der Waals surface area contributed by atoms with Crippen LogP contribution in [0.1, 0.15) is 27.2 Å². The lowest BCUT2D eigenvalue weighted by atomic mass is 10.1. The van der Waals surface area contributed by atoms with Crippen molar-refractivity contribution < 1.29 is 4.79 Å². The molecule has 0 rings (SSSR count). The highest BCUT2D eigenvalue weighted by Gasteiger charge is 2.04. The van der Waals surface area contributed by atoms with Crippen LogP contribution in [-0.2, 0) is 4.79 Å². The molecule has 0 heterocycles. The third kappa shape index (κ3) is 3.12. The first-order valence-electron chi connectivity index (χ1n) is 3.76. The van der Waals surface area contributed by atoms with Gasteiger partial charge in [-0.1, -0.05) is 12.5 Å². The van der Waals surface area contributed by atoms with E-state index in [1.807, 2.05) is 20.8 Å². The number of hydrogen-bond donors (Lipinski definition) is 0. The molecule has 0 aliphatic heterocycles. The van der Waals surface area contributed by atoms with Crippen LogP contribution in [0.25, 0.3) is 0 Å². The van der Waals surface area contributed by atoms with Crippen LogP contribution in [0.5, 0.6) is 0 Å². The van der Waals surface area contributed by atoms with E-state index in [0.29, 0.717) is 6.42 Å². The van der Waals surface area contributed by atoms with Crippen LogP contribution >= 0.6 is 0 Å². The van der Waals surface area contributed by atoms with Crippen molar-refractivity contribution >= 4 is 12.0 Å². The van der Waals surface area contributed by atoms with Crippen LogP contribution in [0.4, 0.5) is 0 Å². The molecule has 0 aliphatic rings. The fourth-order valence-electron chi connectivity index (χ4n) is 0.799. The number of aliphatic imine (C=N–C) groups is 1. The molecule has 0 aromatic heterocycles. The fourth-order valence-corrected chi connectivity index (χ4v) is 0.799. The van der Waals surface area contributed by atoms with Gasteiger partial charge in [0.05, 0.1) is 0 Å². The maximum absolute atomic E-state index is 11.2. The number of ketones is 1. The maximum Gasteiger partial charge on any atom is 0.164 e. The molecule has 0 bridgehead atoms. The van der Waals surface area contributed by atoms with Gasteiger partial charge in [-0.25, -0.2) is 0 Å². The second-order valence-corrected chi connectivity index (χ2v) is 2.58. The van der Waals surface area contributed by atoms with Crippen LogP contribution in [0.3, 0.4) is 0 Å². The molecule has 0 fully saturated rings. The Morgan fingerprint density at radius 2 is 2.00 bits per heavy atom. The highest BCUT2D eigenvalue weighted by atomic mass is 16.1. The number of hydrogen-bond acceptors (Lipinski definition) is 2. The maximum atomic E-state index is 11.2. The number of carbonyl (C=O) groups excluding carboxylic acids is 1. The molecule has 0 N–H and O–H groups in total. The van der Waals surface area contributed by atoms with E-state index >= 15 is 0 Å². The van der Waals surface area contributed by atoms with E-state index in [2.05, 4.69) is 4.99 Å². The second kappa shape index (κ2) is 4.83. The van der Waals surface area contributed by atoms with Crippen molar-refractivity contribution in [1.82, 2.24) is 0 Å². The van der Waals surface area contributed by atoms with Crippen LogP contribution in [-0.4, -0.2) is 19.0 Å². The largest absolute Gasteiger partial charge is 0.296 e. The monoisotopic (exact) mass is 153 g/mol. The summed E-state index contributed by atoms with van der Waals surface area (Å²) in [4.78, 5) is 15.0. The third-order valence-electron chi connectivity index (χ3n) is 1.42. The van der Waals surface area contributed by atoms with Gasteiger partial charge in [0.1, 0.15) is 0 Å². The summed E-state index contributed by atoms with van der Waals surface area (Å²) in [6, 6.07) is 0. The van der Waals surface area contributed by atoms with E-state index < -0.39 is 0 Å². The fraction of sp³-hybridized carbons (Fsp3) is 0.556. The summed E-state index contributed by atoms with van der Waals surface area (Å²) in [6.07, 6.45) is 2.17. The minimum Gasteiger partial charge on any atom is -0.296 e. The highest BCUT2D eigenvalue weighted by molar-refractivity contribution is 6.13. The highest BCUT2D eigenvalue weighted by Crippen LogP contribution is 2.03. The first-order chi connectivity index (χ1) is 5.13. The van der Waals surface area contributed by atoms with Crippen LogP contribution in [0.15, 0.2) is 16.1 Å². The molecule has 0 radical (unpaired) electrons. The Hall–Kier alpha value is -0.920. The van der Waals surface area contributed by atoms with Crippen molar-refractivity contribution in [3.8, 4) is 0 Å². The van der Waals surface area contributed by atoms with E-state index in [1.165, 1.54) is 0 Å². The molecule has 2 heteroatoms. The van der Waals surface area contributed by atoms with Crippen molar-refractivity contribution in [1.29, 1.82) is 0 Å². The lowest BCUT2D eigenvalue weighted by molar-refractivity contribution is -0.114. The molecule has 0 unspecified atom stereocenters. The zero-order chi connectivity index (χ0) is 8.85. The molecule has 2 nitrogen and oxygen atoms in total. The van der Waals surface area contributed by atoms with E-state index in [0.717, 1.165) is 11.1 Å². The SMILES string of the molecule is CCC(=O)C(C=NC)=C(C)C. The summed E-state index contributed by atoms with van der Waals surface area (Å²) in [6.45, 7) is 5.70. The Morgan fingerprint density at radius 1 is 1.45 bits per heavy atom. The average Bonchev–Trinajstić information content (AvgIpc) is 1.98. The molecule has 0 saturated heterocycles. The van der Waals surface area contributed by atoms with Gasteiger partial charge >= 0.3 is 0 Å². The van der Waals surface area contributed by atoms with Gasteiger partial charge < -0.3 is 0 Å². The lowest BCUT2D eigenvalue weighted by Crippen LogP contribution is -2.03. The third-order valence-corrected chi connectivity index (χ3v) is 1.42. The van der Waals surface area contributed by atoms with Crippen molar-refractivity contribution in [2.75, 3.05) is 7.05 Å². The quantitative estimate of drug-likeness (QED) is 0.450. The smallest absolute Gasteiger partial charge is 0.164 e. The standard InChI is InChI=1S/C9H15NO/c1-5-9(11)8(6-10-4)7(2)3/h6H,5H2,1-4H3. The van der Waals surface area contributed by atoms with Crippen LogP contribution in [0, 0.1) is 0 Å². The average molecular weight is 153 g/mol. The summed E-state index contributed by atoms with van der Waals surface area (Å²) < 4.78 is 0. The zero-order valence-corrected chi connectivity index (χ0v) is 7.64. The molecule has 0 spiro atoms. The first-order valence-corrected chi connectivity index (χ1v) is 3.76. The van der Waals surface area contributed by atoms with E-state index in [1.54, 1.807) is 13.3 Å². The van der Waals surface area contributed by atoms with Gasteiger partial charge in [0.25, 0.3) is 0 Å². The van der Waals surface area contributed by atoms with Gasteiger partial charge in [-0.2, -0.15) is 0 Å². The molecule has 62 valence electrons. The zero-order valence-electron chi connectivity index (χ0n) is 7.64. The summed E-state index contributed by atoms with van der Waals surface area (Å²) in [5, 5.41) is 0. The summed E-state index contributed by atoms with van der Waals surface area (Å²) in [5.74, 6) is 0.163. The Morgan fingerprint density at radius 3 is 2.27 bits per heavy atom. The minimum atomic E-state index is 0.163. The predicted octanol–water partition coefficient (Wildman–Crippen LogP) is 2.00. The van der Waals surface area contributed by atoms with Gasteiger partial charge in [-0.15, -0.1) is 0 Å². The predicted molar refractivity (Wildman–Crippen MR) is 48.1 cm³/mol. The number of Topliss-reactive ketones (excluding diaryl/α,β-unsaturated/α-hetero) is 1. The van der Waals surface area contributed by atoms with Gasteiger partial charge in [-0.05, 0) is 13.8 Å². The van der Waals surface area contributed by atoms with Crippen LogP contribution in [0.2, 0.25) is 0 Å². The normalized spacial score (nSPS) is 10.2. The molecule has 0 saturated carbocycles. The van der Waals surface area contributed by atoms with E-state index in [-0.39, 0.29) is 5.78 Å². The summed E-state index contributed by atoms with van der Waals surface area (Å²) >= 11 is 0. The van der Waals surface area contributed by atoms with Crippen molar-refractivity contribution in [3.05, 3.63) is 11.1 Å².